The second-order valence-electron chi connectivity index (χ2n) is 4.21. The third-order valence-corrected chi connectivity index (χ3v) is 2.78. The second-order valence-corrected chi connectivity index (χ2v) is 4.21. The molecule has 0 unspecified atom stereocenters. The van der Waals surface area contributed by atoms with Gasteiger partial charge in [0.15, 0.2) is 5.82 Å². The molecule has 1 heterocycles. The zero-order chi connectivity index (χ0) is 15.6. The van der Waals surface area contributed by atoms with Crippen molar-refractivity contribution in [2.45, 2.75) is 6.92 Å². The fraction of sp³-hybridized carbons (Fsp3) is 0.0714. The number of carbonyl (C=O) groups is 2. The summed E-state index contributed by atoms with van der Waals surface area (Å²) in [5, 5.41) is 11.0. The first-order valence-corrected chi connectivity index (χ1v) is 5.86. The van der Waals surface area contributed by atoms with E-state index in [0.717, 1.165) is 6.07 Å². The number of halogens is 2. The molecule has 0 aliphatic carbocycles. The Labute approximate surface area is 118 Å². The highest BCUT2D eigenvalue weighted by molar-refractivity contribution is 6.09. The summed E-state index contributed by atoms with van der Waals surface area (Å²) in [6.45, 7) is 1.41. The molecule has 0 fully saturated rings. The van der Waals surface area contributed by atoms with Crippen molar-refractivity contribution < 1.29 is 23.5 Å². The lowest BCUT2D eigenvalue weighted by molar-refractivity contribution is 0.0691. The number of nitrogens with zero attached hydrogens (tertiary/aromatic N) is 1. The minimum atomic E-state index is -1.36. The molecule has 0 radical (unpaired) electrons. The van der Waals surface area contributed by atoms with Gasteiger partial charge in [0.25, 0.3) is 5.91 Å². The normalized spacial score (nSPS) is 10.2. The van der Waals surface area contributed by atoms with Crippen LogP contribution in [-0.2, 0) is 0 Å². The van der Waals surface area contributed by atoms with Crippen LogP contribution in [-0.4, -0.2) is 22.0 Å². The van der Waals surface area contributed by atoms with Crippen LogP contribution in [0.2, 0.25) is 0 Å². The zero-order valence-corrected chi connectivity index (χ0v) is 10.9. The molecule has 1 amide bonds. The Morgan fingerprint density at radius 3 is 2.62 bits per heavy atom. The summed E-state index contributed by atoms with van der Waals surface area (Å²) < 4.78 is 27.4. The number of hydrogen-bond donors (Lipinski definition) is 2. The van der Waals surface area contributed by atoms with E-state index < -0.39 is 34.9 Å². The molecule has 2 aromatic rings. The highest BCUT2D eigenvalue weighted by Crippen LogP contribution is 2.22. The molecule has 0 spiro atoms. The number of aryl methyl sites for hydroxylation is 1. The largest absolute Gasteiger partial charge is 0.478 e. The molecule has 21 heavy (non-hydrogen) atoms. The van der Waals surface area contributed by atoms with Gasteiger partial charge in [0, 0.05) is 6.20 Å². The number of benzene rings is 1. The molecule has 5 nitrogen and oxygen atoms in total. The van der Waals surface area contributed by atoms with Crippen LogP contribution in [0.1, 0.15) is 26.4 Å². The summed E-state index contributed by atoms with van der Waals surface area (Å²) in [6.07, 6.45) is 1.21. The van der Waals surface area contributed by atoms with Gasteiger partial charge in [-0.3, -0.25) is 9.78 Å². The van der Waals surface area contributed by atoms with Crippen molar-refractivity contribution >= 4 is 17.6 Å². The highest BCUT2D eigenvalue weighted by Gasteiger charge is 2.21. The van der Waals surface area contributed by atoms with E-state index in [9.17, 15) is 18.4 Å². The lowest BCUT2D eigenvalue weighted by Gasteiger charge is -2.10. The number of carbonyl (C=O) groups excluding carboxylic acids is 1. The first kappa shape index (κ1) is 14.6. The summed E-state index contributed by atoms with van der Waals surface area (Å²) in [5.74, 6) is -4.25. The maximum atomic E-state index is 13.8. The molecule has 1 aromatic carbocycles. The number of amides is 1. The van der Waals surface area contributed by atoms with Crippen molar-refractivity contribution in [1.82, 2.24) is 4.98 Å². The standard InChI is InChI=1S/C14H10F2N2O3/c1-7-4-5-9(15)12(10(7)16)18-13(19)11-8(14(20)21)3-2-6-17-11/h2-6H,1H3,(H,18,19)(H,20,21). The van der Waals surface area contributed by atoms with Crippen LogP contribution < -0.4 is 5.32 Å². The minimum Gasteiger partial charge on any atom is -0.478 e. The Morgan fingerprint density at radius 1 is 1.24 bits per heavy atom. The molecular weight excluding hydrogens is 282 g/mol. The van der Waals surface area contributed by atoms with E-state index in [1.165, 1.54) is 31.3 Å². The van der Waals surface area contributed by atoms with Gasteiger partial charge in [-0.15, -0.1) is 0 Å². The third kappa shape index (κ3) is 2.86. The van der Waals surface area contributed by atoms with E-state index in [2.05, 4.69) is 4.98 Å². The fourth-order valence-corrected chi connectivity index (χ4v) is 1.70. The number of pyridine rings is 1. The number of hydrogen-bond acceptors (Lipinski definition) is 3. The smallest absolute Gasteiger partial charge is 0.338 e. The van der Waals surface area contributed by atoms with Crippen LogP contribution in [0.4, 0.5) is 14.5 Å². The number of carboxylic acid groups (broad SMARTS) is 1. The van der Waals surface area contributed by atoms with E-state index >= 15 is 0 Å². The van der Waals surface area contributed by atoms with E-state index in [-0.39, 0.29) is 11.1 Å². The molecule has 1 aromatic heterocycles. The summed E-state index contributed by atoms with van der Waals surface area (Å²) in [6, 6.07) is 4.75. The molecule has 0 atom stereocenters. The van der Waals surface area contributed by atoms with Crippen molar-refractivity contribution in [3.05, 3.63) is 58.9 Å². The van der Waals surface area contributed by atoms with Crippen LogP contribution in [0.5, 0.6) is 0 Å². The highest BCUT2D eigenvalue weighted by atomic mass is 19.1. The minimum absolute atomic E-state index is 0.145. The average Bonchev–Trinajstić information content (AvgIpc) is 2.47. The van der Waals surface area contributed by atoms with Gasteiger partial charge >= 0.3 is 5.97 Å². The van der Waals surface area contributed by atoms with Gasteiger partial charge < -0.3 is 10.4 Å². The maximum absolute atomic E-state index is 13.8. The lowest BCUT2D eigenvalue weighted by Crippen LogP contribution is -2.19. The Bertz CT molecular complexity index is 732. The van der Waals surface area contributed by atoms with Crippen LogP contribution in [0, 0.1) is 18.6 Å². The number of aromatic carboxylic acids is 1. The van der Waals surface area contributed by atoms with Gasteiger partial charge in [0.1, 0.15) is 17.2 Å². The quantitative estimate of drug-likeness (QED) is 0.911. The Hall–Kier alpha value is -2.83. The molecule has 0 bridgehead atoms. The summed E-state index contributed by atoms with van der Waals surface area (Å²) in [5.41, 5.74) is -1.28. The van der Waals surface area contributed by atoms with Crippen molar-refractivity contribution in [1.29, 1.82) is 0 Å². The van der Waals surface area contributed by atoms with Gasteiger partial charge in [-0.1, -0.05) is 6.07 Å². The van der Waals surface area contributed by atoms with Crippen LogP contribution in [0.15, 0.2) is 30.5 Å². The predicted molar refractivity (Wildman–Crippen MR) is 70.2 cm³/mol. The van der Waals surface area contributed by atoms with E-state index in [1.54, 1.807) is 0 Å². The van der Waals surface area contributed by atoms with Crippen molar-refractivity contribution in [2.24, 2.45) is 0 Å². The zero-order valence-electron chi connectivity index (χ0n) is 10.9. The molecule has 108 valence electrons. The van der Waals surface area contributed by atoms with E-state index in [0.29, 0.717) is 0 Å². The third-order valence-electron chi connectivity index (χ3n) is 2.78. The first-order valence-electron chi connectivity index (χ1n) is 5.86. The summed E-state index contributed by atoms with van der Waals surface area (Å²) in [4.78, 5) is 26.6. The molecule has 2 rings (SSSR count). The van der Waals surface area contributed by atoms with Crippen LogP contribution in [0.25, 0.3) is 0 Å². The average molecular weight is 292 g/mol. The molecule has 0 saturated heterocycles. The van der Waals surface area contributed by atoms with Crippen molar-refractivity contribution in [3.8, 4) is 0 Å². The Balaban J connectivity index is 2.40. The number of aromatic nitrogens is 1. The van der Waals surface area contributed by atoms with E-state index in [1.807, 2.05) is 5.32 Å². The van der Waals surface area contributed by atoms with Crippen LogP contribution >= 0.6 is 0 Å². The second kappa shape index (κ2) is 5.66. The molecule has 0 aliphatic heterocycles. The van der Waals surface area contributed by atoms with Gasteiger partial charge in [0.2, 0.25) is 0 Å². The number of anilines is 1. The molecule has 0 aliphatic rings. The van der Waals surface area contributed by atoms with Crippen molar-refractivity contribution in [3.63, 3.8) is 0 Å². The van der Waals surface area contributed by atoms with Gasteiger partial charge in [-0.2, -0.15) is 0 Å². The topological polar surface area (TPSA) is 79.3 Å². The number of carboxylic acids is 1. The molecule has 0 saturated carbocycles. The summed E-state index contributed by atoms with van der Waals surface area (Å²) >= 11 is 0. The Kier molecular flexibility index (Phi) is 3.93. The molecule has 7 heteroatoms. The first-order chi connectivity index (χ1) is 9.91. The number of nitrogens with one attached hydrogen (secondary N) is 1. The van der Waals surface area contributed by atoms with Gasteiger partial charge in [0.05, 0.1) is 5.56 Å². The van der Waals surface area contributed by atoms with Crippen molar-refractivity contribution in [2.75, 3.05) is 5.32 Å². The monoisotopic (exact) mass is 292 g/mol. The van der Waals surface area contributed by atoms with Gasteiger partial charge in [-0.25, -0.2) is 13.6 Å². The van der Waals surface area contributed by atoms with Gasteiger partial charge in [-0.05, 0) is 30.7 Å². The fourth-order valence-electron chi connectivity index (χ4n) is 1.70. The van der Waals surface area contributed by atoms with E-state index in [4.69, 9.17) is 5.11 Å². The predicted octanol–water partition coefficient (Wildman–Crippen LogP) is 2.62. The molecular formula is C14H10F2N2O3. The maximum Gasteiger partial charge on any atom is 0.338 e. The summed E-state index contributed by atoms with van der Waals surface area (Å²) in [7, 11) is 0. The lowest BCUT2D eigenvalue weighted by atomic mass is 10.1. The number of rotatable bonds is 3. The SMILES string of the molecule is Cc1ccc(F)c(NC(=O)c2ncccc2C(=O)O)c1F. The van der Waals surface area contributed by atoms with Crippen LogP contribution in [0.3, 0.4) is 0 Å². The molecule has 2 N–H and O–H groups in total. The Morgan fingerprint density at radius 2 is 1.95 bits per heavy atom.